The highest BCUT2D eigenvalue weighted by Crippen LogP contribution is 2.60. The average molecular weight is 371 g/mol. The molecule has 6 N–H and O–H groups in total. The van der Waals surface area contributed by atoms with Gasteiger partial charge < -0.3 is 21.7 Å². The number of aliphatic hydroxyl groups excluding tert-OH is 2. The molecule has 0 bridgehead atoms. The Balaban J connectivity index is 3.47. The largest absolute Gasteiger partial charge is 0.396 e. The van der Waals surface area contributed by atoms with Crippen molar-refractivity contribution in [3.8, 4) is 0 Å². The van der Waals surface area contributed by atoms with E-state index in [-0.39, 0.29) is 48.7 Å². The number of rotatable bonds is 6. The zero-order chi connectivity index (χ0) is 20.6. The van der Waals surface area contributed by atoms with Gasteiger partial charge in [-0.05, 0) is 53.8 Å². The van der Waals surface area contributed by atoms with Crippen LogP contribution in [0, 0.1) is 33.5 Å². The number of primary amides is 2. The highest BCUT2D eigenvalue weighted by atomic mass is 16.3. The van der Waals surface area contributed by atoms with Gasteiger partial charge in [-0.3, -0.25) is 9.59 Å². The van der Waals surface area contributed by atoms with Gasteiger partial charge in [0, 0.05) is 13.2 Å². The van der Waals surface area contributed by atoms with Crippen LogP contribution in [0.15, 0.2) is 0 Å². The van der Waals surface area contributed by atoms with Gasteiger partial charge in [0.25, 0.3) is 0 Å². The molecule has 1 rings (SSSR count). The third kappa shape index (κ3) is 3.91. The highest BCUT2D eigenvalue weighted by molar-refractivity contribution is 6.03. The fourth-order valence-corrected chi connectivity index (χ4v) is 5.33. The molecule has 0 unspecified atom stereocenters. The molecular formula is C20H38N2O4. The molecular weight excluding hydrogens is 332 g/mol. The van der Waals surface area contributed by atoms with Gasteiger partial charge in [0.15, 0.2) is 0 Å². The average Bonchev–Trinajstić information content (AvgIpc) is 2.45. The number of hydrogen-bond donors (Lipinski definition) is 4. The molecule has 0 aromatic carbocycles. The molecule has 6 heteroatoms. The SMILES string of the molecule is CC(C)(C)[C@H](CO)C1([C@@H](CO)C(C)(C)C)CCC(C(N)=O)(C(N)=O)CC1. The quantitative estimate of drug-likeness (QED) is 0.532. The van der Waals surface area contributed by atoms with E-state index in [4.69, 9.17) is 11.5 Å². The van der Waals surface area contributed by atoms with E-state index in [1.165, 1.54) is 0 Å². The fraction of sp³-hybridized carbons (Fsp3) is 0.900. The van der Waals surface area contributed by atoms with Crippen molar-refractivity contribution in [1.82, 2.24) is 0 Å². The van der Waals surface area contributed by atoms with Crippen LogP contribution in [0.4, 0.5) is 0 Å². The maximum Gasteiger partial charge on any atom is 0.233 e. The van der Waals surface area contributed by atoms with E-state index >= 15 is 0 Å². The lowest BCUT2D eigenvalue weighted by molar-refractivity contribution is -0.154. The van der Waals surface area contributed by atoms with E-state index in [1.807, 2.05) is 0 Å². The lowest BCUT2D eigenvalue weighted by Gasteiger charge is -2.57. The second-order valence-corrected chi connectivity index (χ2v) is 10.2. The topological polar surface area (TPSA) is 127 Å². The number of carbonyl (C=O) groups is 2. The van der Waals surface area contributed by atoms with Gasteiger partial charge >= 0.3 is 0 Å². The van der Waals surface area contributed by atoms with Crippen molar-refractivity contribution in [2.75, 3.05) is 13.2 Å². The van der Waals surface area contributed by atoms with Gasteiger partial charge in [0.2, 0.25) is 11.8 Å². The molecule has 2 atom stereocenters. The van der Waals surface area contributed by atoms with E-state index in [1.54, 1.807) is 0 Å². The van der Waals surface area contributed by atoms with Crippen molar-refractivity contribution in [1.29, 1.82) is 0 Å². The van der Waals surface area contributed by atoms with Crippen LogP contribution in [0.5, 0.6) is 0 Å². The van der Waals surface area contributed by atoms with E-state index < -0.39 is 22.6 Å². The van der Waals surface area contributed by atoms with E-state index in [2.05, 4.69) is 41.5 Å². The molecule has 0 saturated heterocycles. The van der Waals surface area contributed by atoms with Crippen LogP contribution in [0.3, 0.4) is 0 Å². The van der Waals surface area contributed by atoms with Gasteiger partial charge in [-0.2, -0.15) is 0 Å². The summed E-state index contributed by atoms with van der Waals surface area (Å²) in [6.45, 7) is 12.4. The highest BCUT2D eigenvalue weighted by Gasteiger charge is 2.58. The second kappa shape index (κ2) is 7.47. The molecule has 26 heavy (non-hydrogen) atoms. The Labute approximate surface area is 157 Å². The predicted molar refractivity (Wildman–Crippen MR) is 102 cm³/mol. The Morgan fingerprint density at radius 1 is 0.808 bits per heavy atom. The number of carbonyl (C=O) groups excluding carboxylic acids is 2. The van der Waals surface area contributed by atoms with Crippen LogP contribution in [-0.2, 0) is 9.59 Å². The van der Waals surface area contributed by atoms with Crippen molar-refractivity contribution in [2.45, 2.75) is 67.2 Å². The lowest BCUT2D eigenvalue weighted by atomic mass is 9.47. The van der Waals surface area contributed by atoms with Crippen molar-refractivity contribution in [2.24, 2.45) is 45.0 Å². The summed E-state index contributed by atoms with van der Waals surface area (Å²) in [6, 6.07) is 0. The minimum absolute atomic E-state index is 0.0176. The normalized spacial score (nSPS) is 22.5. The molecule has 6 nitrogen and oxygen atoms in total. The first-order chi connectivity index (χ1) is 11.7. The van der Waals surface area contributed by atoms with E-state index in [0.717, 1.165) is 0 Å². The third-order valence-corrected chi connectivity index (χ3v) is 6.82. The van der Waals surface area contributed by atoms with Gasteiger partial charge in [-0.25, -0.2) is 0 Å². The van der Waals surface area contributed by atoms with Crippen molar-refractivity contribution in [3.05, 3.63) is 0 Å². The maximum atomic E-state index is 12.0. The molecule has 0 radical (unpaired) electrons. The number of hydrogen-bond acceptors (Lipinski definition) is 4. The van der Waals surface area contributed by atoms with Gasteiger partial charge in [-0.1, -0.05) is 41.5 Å². The summed E-state index contributed by atoms with van der Waals surface area (Å²) in [5.41, 5.74) is 8.94. The number of aliphatic hydroxyl groups is 2. The summed E-state index contributed by atoms with van der Waals surface area (Å²) in [5, 5.41) is 20.5. The zero-order valence-corrected chi connectivity index (χ0v) is 17.3. The predicted octanol–water partition coefficient (Wildman–Crippen LogP) is 1.81. The summed E-state index contributed by atoms with van der Waals surface area (Å²) >= 11 is 0. The summed E-state index contributed by atoms with van der Waals surface area (Å²) < 4.78 is 0. The van der Waals surface area contributed by atoms with Crippen LogP contribution >= 0.6 is 0 Å². The third-order valence-electron chi connectivity index (χ3n) is 6.82. The van der Waals surface area contributed by atoms with Crippen LogP contribution in [0.25, 0.3) is 0 Å². The van der Waals surface area contributed by atoms with Crippen LogP contribution in [0.1, 0.15) is 67.2 Å². The molecule has 0 heterocycles. The molecule has 2 amide bonds. The Hall–Kier alpha value is -1.14. The summed E-state index contributed by atoms with van der Waals surface area (Å²) in [7, 11) is 0. The Kier molecular flexibility index (Phi) is 6.58. The lowest BCUT2D eigenvalue weighted by Crippen LogP contribution is -2.58. The molecule has 0 aromatic rings. The molecule has 0 aromatic heterocycles. The number of amides is 2. The van der Waals surface area contributed by atoms with Crippen molar-refractivity contribution >= 4 is 11.8 Å². The van der Waals surface area contributed by atoms with E-state index in [0.29, 0.717) is 12.8 Å². The monoisotopic (exact) mass is 370 g/mol. The molecule has 1 saturated carbocycles. The first kappa shape index (κ1) is 22.9. The summed E-state index contributed by atoms with van der Waals surface area (Å²) in [5.74, 6) is -1.53. The van der Waals surface area contributed by atoms with Gasteiger partial charge in [0.1, 0.15) is 5.41 Å². The second-order valence-electron chi connectivity index (χ2n) is 10.2. The summed E-state index contributed by atoms with van der Waals surface area (Å²) in [6.07, 6.45) is 1.56. The van der Waals surface area contributed by atoms with Gasteiger partial charge in [0.05, 0.1) is 0 Å². The van der Waals surface area contributed by atoms with Gasteiger partial charge in [-0.15, -0.1) is 0 Å². The molecule has 1 fully saturated rings. The molecule has 0 aliphatic heterocycles. The minimum Gasteiger partial charge on any atom is -0.396 e. The van der Waals surface area contributed by atoms with Crippen molar-refractivity contribution < 1.29 is 19.8 Å². The first-order valence-corrected chi connectivity index (χ1v) is 9.50. The molecule has 1 aliphatic carbocycles. The minimum atomic E-state index is -1.33. The maximum absolute atomic E-state index is 12.0. The van der Waals surface area contributed by atoms with Crippen LogP contribution < -0.4 is 11.5 Å². The van der Waals surface area contributed by atoms with E-state index in [9.17, 15) is 19.8 Å². The number of nitrogens with two attached hydrogens (primary N) is 2. The Morgan fingerprint density at radius 2 is 1.12 bits per heavy atom. The van der Waals surface area contributed by atoms with Crippen LogP contribution in [0.2, 0.25) is 0 Å². The molecule has 0 spiro atoms. The molecule has 152 valence electrons. The Bertz CT molecular complexity index is 483. The van der Waals surface area contributed by atoms with Crippen LogP contribution in [-0.4, -0.2) is 35.2 Å². The zero-order valence-electron chi connectivity index (χ0n) is 17.3. The first-order valence-electron chi connectivity index (χ1n) is 9.50. The van der Waals surface area contributed by atoms with Crippen molar-refractivity contribution in [3.63, 3.8) is 0 Å². The Morgan fingerprint density at radius 3 is 1.31 bits per heavy atom. The molecule has 1 aliphatic rings. The summed E-state index contributed by atoms with van der Waals surface area (Å²) in [4.78, 5) is 24.0. The smallest absolute Gasteiger partial charge is 0.233 e. The fourth-order valence-electron chi connectivity index (χ4n) is 5.33. The standard InChI is InChI=1S/C20H38N2O4/c1-17(2,3)13(11-23)19(14(12-24)18(4,5)6)7-9-20(10-8-19,15(21)25)16(22)26/h13-14,23-24H,7-12H2,1-6H3,(H2,21,25)(H2,22,26)/t13-,14-/m0/s1.